The van der Waals surface area contributed by atoms with Crippen molar-refractivity contribution in [3.8, 4) is 11.5 Å². The highest BCUT2D eigenvalue weighted by Crippen LogP contribution is 2.27. The van der Waals surface area contributed by atoms with Crippen LogP contribution in [0.5, 0.6) is 11.5 Å². The molecule has 1 heterocycles. The summed E-state index contributed by atoms with van der Waals surface area (Å²) in [6.07, 6.45) is 2.52. The summed E-state index contributed by atoms with van der Waals surface area (Å²) >= 11 is 5.26. The lowest BCUT2D eigenvalue weighted by molar-refractivity contribution is 0.114. The second kappa shape index (κ2) is 8.05. The van der Waals surface area contributed by atoms with Crippen LogP contribution in [-0.4, -0.2) is 38.6 Å². The third-order valence-electron chi connectivity index (χ3n) is 3.42. The van der Waals surface area contributed by atoms with Crippen LogP contribution in [0.2, 0.25) is 0 Å². The highest BCUT2D eigenvalue weighted by atomic mass is 32.1. The van der Waals surface area contributed by atoms with E-state index in [0.29, 0.717) is 11.7 Å². The van der Waals surface area contributed by atoms with E-state index in [1.807, 2.05) is 18.2 Å². The van der Waals surface area contributed by atoms with Crippen LogP contribution in [0.1, 0.15) is 18.4 Å². The predicted molar refractivity (Wildman–Crippen MR) is 86.0 cm³/mol. The number of rotatable bonds is 6. The van der Waals surface area contributed by atoms with Crippen molar-refractivity contribution in [3.63, 3.8) is 0 Å². The van der Waals surface area contributed by atoms with Crippen molar-refractivity contribution in [2.45, 2.75) is 25.5 Å². The van der Waals surface area contributed by atoms with Crippen LogP contribution in [-0.2, 0) is 11.3 Å². The lowest BCUT2D eigenvalue weighted by Crippen LogP contribution is -2.39. The van der Waals surface area contributed by atoms with Crippen LogP contribution >= 0.6 is 12.2 Å². The number of hydrogen-bond donors (Lipinski definition) is 2. The maximum atomic E-state index is 5.54. The van der Waals surface area contributed by atoms with Crippen LogP contribution in [0.3, 0.4) is 0 Å². The van der Waals surface area contributed by atoms with Crippen molar-refractivity contribution < 1.29 is 14.2 Å². The Hall–Kier alpha value is -1.53. The van der Waals surface area contributed by atoms with Gasteiger partial charge in [-0.15, -0.1) is 0 Å². The van der Waals surface area contributed by atoms with Gasteiger partial charge in [-0.05, 0) is 42.8 Å². The van der Waals surface area contributed by atoms with Gasteiger partial charge >= 0.3 is 0 Å². The summed E-state index contributed by atoms with van der Waals surface area (Å²) in [7, 11) is 3.25. The summed E-state index contributed by atoms with van der Waals surface area (Å²) in [5, 5.41) is 7.00. The zero-order chi connectivity index (χ0) is 15.1. The Bertz CT molecular complexity index is 476. The van der Waals surface area contributed by atoms with Gasteiger partial charge in [0, 0.05) is 19.7 Å². The first kappa shape index (κ1) is 15.9. The van der Waals surface area contributed by atoms with E-state index in [9.17, 15) is 0 Å². The lowest BCUT2D eigenvalue weighted by Gasteiger charge is -2.14. The summed E-state index contributed by atoms with van der Waals surface area (Å²) < 4.78 is 16.0. The molecule has 0 spiro atoms. The maximum absolute atomic E-state index is 5.54. The van der Waals surface area contributed by atoms with Crippen molar-refractivity contribution in [2.24, 2.45) is 0 Å². The summed E-state index contributed by atoms with van der Waals surface area (Å²) in [6.45, 7) is 2.26. The van der Waals surface area contributed by atoms with Gasteiger partial charge in [-0.25, -0.2) is 0 Å². The SMILES string of the molecule is COc1ccc(CNC(=S)NC[C@H]2CCCO2)cc1OC. The molecule has 6 heteroatoms. The fourth-order valence-corrected chi connectivity index (χ4v) is 2.40. The Balaban J connectivity index is 1.77. The number of ether oxygens (including phenoxy) is 3. The van der Waals surface area contributed by atoms with Crippen LogP contribution in [0.4, 0.5) is 0 Å². The first-order valence-electron chi connectivity index (χ1n) is 7.07. The van der Waals surface area contributed by atoms with Gasteiger partial charge < -0.3 is 24.8 Å². The minimum atomic E-state index is 0.283. The van der Waals surface area contributed by atoms with E-state index in [1.54, 1.807) is 14.2 Å². The van der Waals surface area contributed by atoms with E-state index in [4.69, 9.17) is 26.4 Å². The molecule has 1 saturated heterocycles. The van der Waals surface area contributed by atoms with E-state index >= 15 is 0 Å². The first-order valence-corrected chi connectivity index (χ1v) is 7.48. The second-order valence-electron chi connectivity index (χ2n) is 4.89. The van der Waals surface area contributed by atoms with Gasteiger partial charge in [0.25, 0.3) is 0 Å². The molecule has 5 nitrogen and oxygen atoms in total. The number of hydrogen-bond acceptors (Lipinski definition) is 4. The fraction of sp³-hybridized carbons (Fsp3) is 0.533. The Kier molecular flexibility index (Phi) is 6.07. The molecule has 0 amide bonds. The van der Waals surface area contributed by atoms with E-state index in [1.165, 1.54) is 0 Å². The molecule has 0 aromatic heterocycles. The minimum absolute atomic E-state index is 0.283. The monoisotopic (exact) mass is 310 g/mol. The van der Waals surface area contributed by atoms with Crippen LogP contribution in [0.25, 0.3) is 0 Å². The maximum Gasteiger partial charge on any atom is 0.166 e. The third kappa shape index (κ3) is 4.75. The Morgan fingerprint density at radius 2 is 2.10 bits per heavy atom. The predicted octanol–water partition coefficient (Wildman–Crippen LogP) is 1.85. The van der Waals surface area contributed by atoms with Gasteiger partial charge in [0.05, 0.1) is 20.3 Å². The molecule has 0 radical (unpaired) electrons. The van der Waals surface area contributed by atoms with Gasteiger partial charge in [0.1, 0.15) is 0 Å². The Morgan fingerprint density at radius 1 is 1.29 bits per heavy atom. The summed E-state index contributed by atoms with van der Waals surface area (Å²) in [6, 6.07) is 5.81. The van der Waals surface area contributed by atoms with Crippen molar-refractivity contribution in [2.75, 3.05) is 27.4 Å². The number of thiocarbonyl (C=S) groups is 1. The number of methoxy groups -OCH3 is 2. The Morgan fingerprint density at radius 3 is 2.76 bits per heavy atom. The molecular formula is C15H22N2O3S. The molecule has 0 bridgehead atoms. The lowest BCUT2D eigenvalue weighted by atomic mass is 10.2. The molecule has 1 atom stereocenters. The molecular weight excluding hydrogens is 288 g/mol. The third-order valence-corrected chi connectivity index (χ3v) is 3.70. The van der Waals surface area contributed by atoms with E-state index in [-0.39, 0.29) is 6.10 Å². The summed E-state index contributed by atoms with van der Waals surface area (Å²) in [4.78, 5) is 0. The molecule has 0 unspecified atom stereocenters. The molecule has 1 aromatic rings. The summed E-state index contributed by atoms with van der Waals surface area (Å²) in [5.41, 5.74) is 1.08. The molecule has 116 valence electrons. The van der Waals surface area contributed by atoms with Crippen molar-refractivity contribution >= 4 is 17.3 Å². The van der Waals surface area contributed by atoms with Crippen molar-refractivity contribution in [3.05, 3.63) is 23.8 Å². The molecule has 1 aliphatic rings. The standard InChI is InChI=1S/C15H22N2O3S/c1-18-13-6-5-11(8-14(13)19-2)9-16-15(21)17-10-12-4-3-7-20-12/h5-6,8,12H,3-4,7,9-10H2,1-2H3,(H2,16,17,21)/t12-/m1/s1. The Labute approximate surface area is 131 Å². The minimum Gasteiger partial charge on any atom is -0.493 e. The largest absolute Gasteiger partial charge is 0.493 e. The zero-order valence-corrected chi connectivity index (χ0v) is 13.3. The highest BCUT2D eigenvalue weighted by Gasteiger charge is 2.15. The zero-order valence-electron chi connectivity index (χ0n) is 12.5. The van der Waals surface area contributed by atoms with E-state index in [2.05, 4.69) is 10.6 Å². The average Bonchev–Trinajstić information content (AvgIpc) is 3.04. The normalized spacial score (nSPS) is 17.3. The van der Waals surface area contributed by atoms with E-state index in [0.717, 1.165) is 43.1 Å². The van der Waals surface area contributed by atoms with Gasteiger partial charge in [-0.3, -0.25) is 0 Å². The van der Waals surface area contributed by atoms with E-state index < -0.39 is 0 Å². The van der Waals surface area contributed by atoms with Gasteiger partial charge in [-0.1, -0.05) is 6.07 Å². The van der Waals surface area contributed by atoms with Crippen molar-refractivity contribution in [1.82, 2.24) is 10.6 Å². The van der Waals surface area contributed by atoms with Gasteiger partial charge in [0.2, 0.25) is 0 Å². The molecule has 0 saturated carbocycles. The number of benzene rings is 1. The topological polar surface area (TPSA) is 51.8 Å². The molecule has 0 aliphatic carbocycles. The highest BCUT2D eigenvalue weighted by molar-refractivity contribution is 7.80. The molecule has 1 aromatic carbocycles. The number of nitrogens with one attached hydrogen (secondary N) is 2. The van der Waals surface area contributed by atoms with Crippen LogP contribution < -0.4 is 20.1 Å². The quantitative estimate of drug-likeness (QED) is 0.782. The second-order valence-corrected chi connectivity index (χ2v) is 5.30. The van der Waals surface area contributed by atoms with Gasteiger partial charge in [-0.2, -0.15) is 0 Å². The molecule has 1 fully saturated rings. The molecule has 2 N–H and O–H groups in total. The molecule has 2 rings (SSSR count). The summed E-state index contributed by atoms with van der Waals surface area (Å²) in [5.74, 6) is 1.44. The molecule has 21 heavy (non-hydrogen) atoms. The smallest absolute Gasteiger partial charge is 0.166 e. The molecule has 1 aliphatic heterocycles. The van der Waals surface area contributed by atoms with Gasteiger partial charge in [0.15, 0.2) is 16.6 Å². The first-order chi connectivity index (χ1) is 10.2. The van der Waals surface area contributed by atoms with Crippen molar-refractivity contribution in [1.29, 1.82) is 0 Å². The van der Waals surface area contributed by atoms with Crippen LogP contribution in [0.15, 0.2) is 18.2 Å². The fourth-order valence-electron chi connectivity index (χ4n) is 2.25. The van der Waals surface area contributed by atoms with Crippen LogP contribution in [0, 0.1) is 0 Å². The average molecular weight is 310 g/mol.